The molecule has 1 N–H and O–H groups in total. The molecule has 0 aromatic rings. The van der Waals surface area contributed by atoms with Crippen molar-refractivity contribution >= 4 is 21.5 Å². The van der Waals surface area contributed by atoms with E-state index in [4.69, 9.17) is 0 Å². The molecule has 0 rings (SSSR count). The minimum atomic E-state index is -3.34. The van der Waals surface area contributed by atoms with Crippen LogP contribution in [0.1, 0.15) is 27.7 Å². The lowest BCUT2D eigenvalue weighted by Gasteiger charge is -2.19. The number of sulfone groups is 1. The molecule has 0 aliphatic heterocycles. The highest BCUT2D eigenvalue weighted by atomic mass is 32.2. The maximum atomic E-state index is 11.4. The van der Waals surface area contributed by atoms with E-state index < -0.39 is 27.5 Å². The Morgan fingerprint density at radius 3 is 2.06 bits per heavy atom. The number of hydrogen-bond donors (Lipinski definition) is 1. The number of ketones is 1. The van der Waals surface area contributed by atoms with Gasteiger partial charge < -0.3 is 5.32 Å². The van der Waals surface area contributed by atoms with E-state index in [0.717, 1.165) is 0 Å². The van der Waals surface area contributed by atoms with E-state index >= 15 is 0 Å². The van der Waals surface area contributed by atoms with Crippen LogP contribution in [-0.2, 0) is 19.4 Å². The zero-order valence-corrected chi connectivity index (χ0v) is 10.9. The molecule has 94 valence electrons. The van der Waals surface area contributed by atoms with Gasteiger partial charge in [0.25, 0.3) is 0 Å². The molecule has 16 heavy (non-hydrogen) atoms. The second-order valence-corrected chi connectivity index (χ2v) is 6.43. The van der Waals surface area contributed by atoms with Gasteiger partial charge in [-0.2, -0.15) is 0 Å². The van der Waals surface area contributed by atoms with Crippen molar-refractivity contribution in [3.05, 3.63) is 0 Å². The van der Waals surface area contributed by atoms with Gasteiger partial charge in [-0.15, -0.1) is 0 Å². The highest BCUT2D eigenvalue weighted by Crippen LogP contribution is 2.03. The van der Waals surface area contributed by atoms with Crippen LogP contribution >= 0.6 is 0 Å². The van der Waals surface area contributed by atoms with Gasteiger partial charge in [-0.25, -0.2) is 8.42 Å². The van der Waals surface area contributed by atoms with Gasteiger partial charge in [-0.1, -0.05) is 20.8 Å². The molecular formula is C10H19NO4S. The molecule has 0 spiro atoms. The number of Topliss-reactive ketones (excluding diaryl/α,β-unsaturated/α-hetero) is 1. The summed E-state index contributed by atoms with van der Waals surface area (Å²) in [6.07, 6.45) is 0. The summed E-state index contributed by atoms with van der Waals surface area (Å²) in [6, 6.07) is -0.612. The van der Waals surface area contributed by atoms with Crippen molar-refractivity contribution in [3.8, 4) is 0 Å². The molecule has 0 bridgehead atoms. The topological polar surface area (TPSA) is 80.3 Å². The first-order chi connectivity index (χ1) is 7.19. The number of nitrogens with one attached hydrogen (secondary N) is 1. The Hall–Kier alpha value is -0.910. The number of rotatable bonds is 6. The standard InChI is InChI=1S/C10H19NO4S/c1-5-16(14,15)6-9(13)11-10(7(2)3)8(4)12/h7,10H,5-6H2,1-4H3,(H,11,13). The van der Waals surface area contributed by atoms with Crippen LogP contribution in [0.5, 0.6) is 0 Å². The second kappa shape index (κ2) is 5.98. The molecule has 0 radical (unpaired) electrons. The molecule has 1 amide bonds. The molecule has 0 aromatic carbocycles. The van der Waals surface area contributed by atoms with Crippen LogP contribution in [0, 0.1) is 5.92 Å². The van der Waals surface area contributed by atoms with Crippen molar-refractivity contribution in [2.45, 2.75) is 33.7 Å². The third-order valence-electron chi connectivity index (χ3n) is 2.21. The van der Waals surface area contributed by atoms with E-state index in [2.05, 4.69) is 5.32 Å². The van der Waals surface area contributed by atoms with Crippen LogP contribution in [0.4, 0.5) is 0 Å². The van der Waals surface area contributed by atoms with Crippen molar-refractivity contribution in [1.29, 1.82) is 0 Å². The number of carbonyl (C=O) groups is 2. The monoisotopic (exact) mass is 249 g/mol. The Kier molecular flexibility index (Phi) is 5.64. The normalized spacial score (nSPS) is 13.6. The van der Waals surface area contributed by atoms with E-state index in [1.807, 2.05) is 0 Å². The van der Waals surface area contributed by atoms with Gasteiger partial charge in [0.1, 0.15) is 5.75 Å². The summed E-state index contributed by atoms with van der Waals surface area (Å²) >= 11 is 0. The summed E-state index contributed by atoms with van der Waals surface area (Å²) in [4.78, 5) is 22.6. The first-order valence-electron chi connectivity index (χ1n) is 5.19. The molecule has 0 fully saturated rings. The highest BCUT2D eigenvalue weighted by molar-refractivity contribution is 7.92. The maximum Gasteiger partial charge on any atom is 0.235 e. The summed E-state index contributed by atoms with van der Waals surface area (Å²) in [5.41, 5.74) is 0. The minimum absolute atomic E-state index is 0.0502. The van der Waals surface area contributed by atoms with E-state index in [1.54, 1.807) is 13.8 Å². The quantitative estimate of drug-likeness (QED) is 0.726. The molecule has 0 saturated carbocycles. The molecule has 1 unspecified atom stereocenters. The van der Waals surface area contributed by atoms with Crippen molar-refractivity contribution in [2.24, 2.45) is 5.92 Å². The summed E-state index contributed by atoms with van der Waals surface area (Å²) in [7, 11) is -3.34. The van der Waals surface area contributed by atoms with Crippen LogP contribution in [0.25, 0.3) is 0 Å². The molecular weight excluding hydrogens is 230 g/mol. The molecule has 5 nitrogen and oxygen atoms in total. The van der Waals surface area contributed by atoms with Crippen LogP contribution in [-0.4, -0.2) is 37.7 Å². The van der Waals surface area contributed by atoms with Crippen molar-refractivity contribution < 1.29 is 18.0 Å². The summed E-state index contributed by atoms with van der Waals surface area (Å²) < 4.78 is 22.4. The van der Waals surface area contributed by atoms with Crippen LogP contribution in [0.3, 0.4) is 0 Å². The van der Waals surface area contributed by atoms with Gasteiger partial charge in [0, 0.05) is 5.75 Å². The van der Waals surface area contributed by atoms with Crippen molar-refractivity contribution in [2.75, 3.05) is 11.5 Å². The van der Waals surface area contributed by atoms with E-state index in [0.29, 0.717) is 0 Å². The zero-order valence-electron chi connectivity index (χ0n) is 10.1. The minimum Gasteiger partial charge on any atom is -0.345 e. The van der Waals surface area contributed by atoms with Crippen molar-refractivity contribution in [1.82, 2.24) is 5.32 Å². The summed E-state index contributed by atoms with van der Waals surface area (Å²) in [5.74, 6) is -1.47. The predicted molar refractivity (Wildman–Crippen MR) is 61.8 cm³/mol. The fraction of sp³-hybridized carbons (Fsp3) is 0.800. The average Bonchev–Trinajstić information content (AvgIpc) is 2.12. The molecule has 0 aliphatic rings. The highest BCUT2D eigenvalue weighted by Gasteiger charge is 2.22. The Balaban J connectivity index is 4.50. The Morgan fingerprint density at radius 2 is 1.75 bits per heavy atom. The Morgan fingerprint density at radius 1 is 1.25 bits per heavy atom. The SMILES string of the molecule is CCS(=O)(=O)CC(=O)NC(C(C)=O)C(C)C. The molecule has 0 saturated heterocycles. The smallest absolute Gasteiger partial charge is 0.235 e. The van der Waals surface area contributed by atoms with Gasteiger partial charge in [-0.3, -0.25) is 9.59 Å². The first kappa shape index (κ1) is 15.1. The number of hydrogen-bond acceptors (Lipinski definition) is 4. The fourth-order valence-electron chi connectivity index (χ4n) is 1.25. The lowest BCUT2D eigenvalue weighted by Crippen LogP contribution is -2.45. The summed E-state index contributed by atoms with van der Waals surface area (Å²) in [5, 5.41) is 2.44. The van der Waals surface area contributed by atoms with E-state index in [9.17, 15) is 18.0 Å². The fourth-order valence-corrected chi connectivity index (χ4v) is 1.94. The van der Waals surface area contributed by atoms with Crippen LogP contribution < -0.4 is 5.32 Å². The maximum absolute atomic E-state index is 11.4. The molecule has 0 heterocycles. The first-order valence-corrected chi connectivity index (χ1v) is 7.02. The zero-order chi connectivity index (χ0) is 12.9. The lowest BCUT2D eigenvalue weighted by molar-refractivity contribution is -0.126. The number of carbonyl (C=O) groups excluding carboxylic acids is 2. The molecule has 1 atom stereocenters. The third-order valence-corrected chi connectivity index (χ3v) is 3.79. The Bertz CT molecular complexity index is 359. The van der Waals surface area contributed by atoms with Gasteiger partial charge in [0.2, 0.25) is 5.91 Å². The molecule has 0 aromatic heterocycles. The second-order valence-electron chi connectivity index (χ2n) is 4.08. The van der Waals surface area contributed by atoms with Gasteiger partial charge in [0.05, 0.1) is 6.04 Å². The predicted octanol–water partition coefficient (Wildman–Crippen LogP) is 0.151. The van der Waals surface area contributed by atoms with Gasteiger partial charge >= 0.3 is 0 Å². The van der Waals surface area contributed by atoms with E-state index in [-0.39, 0.29) is 17.5 Å². The lowest BCUT2D eigenvalue weighted by atomic mass is 10.0. The number of amides is 1. The molecule has 6 heteroatoms. The van der Waals surface area contributed by atoms with Crippen molar-refractivity contribution in [3.63, 3.8) is 0 Å². The van der Waals surface area contributed by atoms with Crippen LogP contribution in [0.15, 0.2) is 0 Å². The van der Waals surface area contributed by atoms with E-state index in [1.165, 1.54) is 13.8 Å². The van der Waals surface area contributed by atoms with Gasteiger partial charge in [0.15, 0.2) is 15.6 Å². The Labute approximate surface area is 96.5 Å². The third kappa shape index (κ3) is 5.25. The van der Waals surface area contributed by atoms with Gasteiger partial charge in [-0.05, 0) is 12.8 Å². The average molecular weight is 249 g/mol. The largest absolute Gasteiger partial charge is 0.345 e. The summed E-state index contributed by atoms with van der Waals surface area (Å²) in [6.45, 7) is 6.44. The van der Waals surface area contributed by atoms with Crippen LogP contribution in [0.2, 0.25) is 0 Å². The molecule has 0 aliphatic carbocycles.